The van der Waals surface area contributed by atoms with Crippen LogP contribution in [0.15, 0.2) is 52.6 Å². The first-order valence-electron chi connectivity index (χ1n) is 9.46. The second kappa shape index (κ2) is 7.51. The van der Waals surface area contributed by atoms with Crippen molar-refractivity contribution in [2.24, 2.45) is 0 Å². The molecule has 0 bridgehead atoms. The molecule has 1 atom stereocenters. The van der Waals surface area contributed by atoms with E-state index >= 15 is 0 Å². The van der Waals surface area contributed by atoms with E-state index in [1.165, 1.54) is 0 Å². The number of nitrogens with zero attached hydrogens (tertiary/aromatic N) is 2. The molecule has 1 aromatic heterocycles. The van der Waals surface area contributed by atoms with E-state index in [-0.39, 0.29) is 17.4 Å². The number of benzene rings is 1. The molecular formula is C22H21BrN2O3. The van der Waals surface area contributed by atoms with Crippen LogP contribution < -0.4 is 0 Å². The summed E-state index contributed by atoms with van der Waals surface area (Å²) in [5.74, 6) is -1.33. The third-order valence-electron chi connectivity index (χ3n) is 5.60. The first-order valence-corrected chi connectivity index (χ1v) is 10.3. The molecule has 6 heteroatoms. The molecule has 144 valence electrons. The fourth-order valence-electron chi connectivity index (χ4n) is 4.18. The second-order valence-corrected chi connectivity index (χ2v) is 8.22. The zero-order valence-electron chi connectivity index (χ0n) is 15.6. The van der Waals surface area contributed by atoms with Gasteiger partial charge in [-0.3, -0.25) is 14.6 Å². The van der Waals surface area contributed by atoms with Gasteiger partial charge in [0, 0.05) is 22.3 Å². The van der Waals surface area contributed by atoms with E-state index in [0.717, 1.165) is 35.7 Å². The van der Waals surface area contributed by atoms with Crippen molar-refractivity contribution in [1.82, 2.24) is 9.88 Å². The number of aryl methyl sites for hydroxylation is 1. The Kier molecular flexibility index (Phi) is 5.06. The summed E-state index contributed by atoms with van der Waals surface area (Å²) in [6, 6.07) is 10.1. The molecule has 0 spiro atoms. The van der Waals surface area contributed by atoms with Gasteiger partial charge in [0.2, 0.25) is 0 Å². The number of hydrogen-bond donors (Lipinski definition) is 1. The Balaban J connectivity index is 1.89. The monoisotopic (exact) mass is 440 g/mol. The van der Waals surface area contributed by atoms with Crippen LogP contribution in [-0.4, -0.2) is 32.7 Å². The Morgan fingerprint density at radius 3 is 2.57 bits per heavy atom. The number of aliphatic hydroxyl groups excluding tert-OH is 1. The van der Waals surface area contributed by atoms with Crippen molar-refractivity contribution in [2.75, 3.05) is 0 Å². The van der Waals surface area contributed by atoms with Gasteiger partial charge in [0.05, 0.1) is 11.3 Å². The molecule has 2 aromatic rings. The molecule has 1 aromatic carbocycles. The maximum Gasteiger partial charge on any atom is 0.295 e. The van der Waals surface area contributed by atoms with Crippen molar-refractivity contribution in [3.8, 4) is 0 Å². The second-order valence-electron chi connectivity index (χ2n) is 7.36. The van der Waals surface area contributed by atoms with Gasteiger partial charge in [-0.15, -0.1) is 0 Å². The van der Waals surface area contributed by atoms with Crippen LogP contribution in [0.2, 0.25) is 0 Å². The summed E-state index contributed by atoms with van der Waals surface area (Å²) in [5.41, 5.74) is 2.18. The lowest BCUT2D eigenvalue weighted by molar-refractivity contribution is -0.141. The highest BCUT2D eigenvalue weighted by Gasteiger charge is 2.49. The van der Waals surface area contributed by atoms with Crippen molar-refractivity contribution in [2.45, 2.75) is 44.7 Å². The van der Waals surface area contributed by atoms with Crippen molar-refractivity contribution >= 4 is 33.4 Å². The van der Waals surface area contributed by atoms with E-state index in [2.05, 4.69) is 20.9 Å². The Labute approximate surface area is 172 Å². The highest BCUT2D eigenvalue weighted by molar-refractivity contribution is 9.10. The normalized spacial score (nSPS) is 22.2. The van der Waals surface area contributed by atoms with Gasteiger partial charge in [-0.1, -0.05) is 40.9 Å². The largest absolute Gasteiger partial charge is 0.507 e. The number of rotatable bonds is 3. The summed E-state index contributed by atoms with van der Waals surface area (Å²) < 4.78 is 0.914. The number of ketones is 1. The topological polar surface area (TPSA) is 70.5 Å². The van der Waals surface area contributed by atoms with E-state index in [4.69, 9.17) is 0 Å². The van der Waals surface area contributed by atoms with Crippen LogP contribution in [0.1, 0.15) is 48.5 Å². The smallest absolute Gasteiger partial charge is 0.295 e. The lowest BCUT2D eigenvalue weighted by atomic mass is 9.97. The predicted octanol–water partition coefficient (Wildman–Crippen LogP) is 4.52. The summed E-state index contributed by atoms with van der Waals surface area (Å²) in [5, 5.41) is 11.1. The van der Waals surface area contributed by atoms with Gasteiger partial charge in [0.25, 0.3) is 11.7 Å². The van der Waals surface area contributed by atoms with Crippen LogP contribution >= 0.6 is 15.9 Å². The molecule has 1 aliphatic heterocycles. The molecule has 2 heterocycles. The van der Waals surface area contributed by atoms with Crippen molar-refractivity contribution in [3.05, 3.63) is 69.5 Å². The van der Waals surface area contributed by atoms with Gasteiger partial charge in [-0.25, -0.2) is 0 Å². The predicted molar refractivity (Wildman–Crippen MR) is 110 cm³/mol. The van der Waals surface area contributed by atoms with Crippen LogP contribution in [0, 0.1) is 6.92 Å². The Morgan fingerprint density at radius 1 is 1.18 bits per heavy atom. The molecule has 0 radical (unpaired) electrons. The summed E-state index contributed by atoms with van der Waals surface area (Å²) in [6.07, 6.45) is 5.46. The zero-order chi connectivity index (χ0) is 19.8. The van der Waals surface area contributed by atoms with Gasteiger partial charge < -0.3 is 10.0 Å². The van der Waals surface area contributed by atoms with E-state index in [1.807, 2.05) is 19.1 Å². The fraction of sp³-hybridized carbons (Fsp3) is 0.318. The lowest BCUT2D eigenvalue weighted by Crippen LogP contribution is -2.37. The van der Waals surface area contributed by atoms with Crippen LogP contribution in [0.5, 0.6) is 0 Å². The van der Waals surface area contributed by atoms with Gasteiger partial charge in [0.1, 0.15) is 11.8 Å². The average Bonchev–Trinajstić information content (AvgIpc) is 3.31. The maximum atomic E-state index is 13.0. The van der Waals surface area contributed by atoms with Gasteiger partial charge >= 0.3 is 0 Å². The summed E-state index contributed by atoms with van der Waals surface area (Å²) >= 11 is 3.45. The molecule has 1 unspecified atom stereocenters. The third kappa shape index (κ3) is 3.15. The zero-order valence-corrected chi connectivity index (χ0v) is 17.1. The summed E-state index contributed by atoms with van der Waals surface area (Å²) in [7, 11) is 0. The highest BCUT2D eigenvalue weighted by Crippen LogP contribution is 2.42. The number of aliphatic hydroxyl groups is 1. The van der Waals surface area contributed by atoms with E-state index in [1.54, 1.807) is 35.4 Å². The maximum absolute atomic E-state index is 13.0. The SMILES string of the molecule is Cc1cc(/C(O)=C2/C(=O)C(=O)N(C3CCCC3)C2c2ccccn2)ccc1Br. The van der Waals surface area contributed by atoms with Crippen LogP contribution in [0.3, 0.4) is 0 Å². The van der Waals surface area contributed by atoms with Crippen molar-refractivity contribution < 1.29 is 14.7 Å². The minimum Gasteiger partial charge on any atom is -0.507 e. The number of halogens is 1. The molecule has 2 aliphatic rings. The number of pyridine rings is 1. The van der Waals surface area contributed by atoms with E-state index in [9.17, 15) is 14.7 Å². The van der Waals surface area contributed by atoms with Gasteiger partial charge in [-0.05, 0) is 49.6 Å². The Morgan fingerprint density at radius 2 is 1.93 bits per heavy atom. The fourth-order valence-corrected chi connectivity index (χ4v) is 4.43. The van der Waals surface area contributed by atoms with Crippen molar-refractivity contribution in [3.63, 3.8) is 0 Å². The molecule has 2 fully saturated rings. The molecule has 1 N–H and O–H groups in total. The quantitative estimate of drug-likeness (QED) is 0.432. The molecule has 1 amide bonds. The Hall–Kier alpha value is -2.47. The molecule has 4 rings (SSSR count). The number of carbonyl (C=O) groups excluding carboxylic acids is 2. The number of carbonyl (C=O) groups is 2. The van der Waals surface area contributed by atoms with Crippen LogP contribution in [0.25, 0.3) is 5.76 Å². The third-order valence-corrected chi connectivity index (χ3v) is 6.49. The van der Waals surface area contributed by atoms with Crippen LogP contribution in [-0.2, 0) is 9.59 Å². The molecular weight excluding hydrogens is 420 g/mol. The molecule has 1 saturated carbocycles. The Bertz CT molecular complexity index is 965. The number of Topliss-reactive ketones (excluding diaryl/α,β-unsaturated/α-hetero) is 1. The first-order chi connectivity index (χ1) is 13.5. The molecule has 1 saturated heterocycles. The first kappa shape index (κ1) is 18.9. The molecule has 5 nitrogen and oxygen atoms in total. The number of aromatic nitrogens is 1. The minimum atomic E-state index is -0.659. The van der Waals surface area contributed by atoms with Gasteiger partial charge in [-0.2, -0.15) is 0 Å². The van der Waals surface area contributed by atoms with Gasteiger partial charge in [0.15, 0.2) is 0 Å². The average molecular weight is 441 g/mol. The standard InChI is InChI=1S/C22H21BrN2O3/c1-13-12-14(9-10-16(13)23)20(26)18-19(17-8-4-5-11-24-17)25(22(28)21(18)27)15-6-2-3-7-15/h4-5,8-12,15,19,26H,2-3,6-7H2,1H3/b20-18-. The van der Waals surface area contributed by atoms with E-state index < -0.39 is 17.7 Å². The molecule has 28 heavy (non-hydrogen) atoms. The summed E-state index contributed by atoms with van der Waals surface area (Å²) in [6.45, 7) is 1.91. The minimum absolute atomic E-state index is 0.000380. The van der Waals surface area contributed by atoms with Crippen LogP contribution in [0.4, 0.5) is 0 Å². The number of likely N-dealkylation sites (tertiary alicyclic amines) is 1. The van der Waals surface area contributed by atoms with Crippen molar-refractivity contribution in [1.29, 1.82) is 0 Å². The number of amides is 1. The number of hydrogen-bond acceptors (Lipinski definition) is 4. The molecule has 1 aliphatic carbocycles. The lowest BCUT2D eigenvalue weighted by Gasteiger charge is -2.30. The summed E-state index contributed by atoms with van der Waals surface area (Å²) in [4.78, 5) is 32.0. The van der Waals surface area contributed by atoms with E-state index in [0.29, 0.717) is 11.3 Å². The highest BCUT2D eigenvalue weighted by atomic mass is 79.9.